The molecule has 1 aliphatic rings. The van der Waals surface area contributed by atoms with Gasteiger partial charge in [-0.05, 0) is 48.9 Å². The molecule has 0 amide bonds. The molecule has 1 saturated carbocycles. The molecule has 3 aromatic rings. The number of anilines is 1. The van der Waals surface area contributed by atoms with Crippen molar-refractivity contribution in [2.45, 2.75) is 31.4 Å². The molecule has 24 heavy (non-hydrogen) atoms. The Balaban J connectivity index is 1.77. The molecule has 4 nitrogen and oxygen atoms in total. The van der Waals surface area contributed by atoms with Gasteiger partial charge in [0, 0.05) is 17.0 Å². The van der Waals surface area contributed by atoms with Gasteiger partial charge in [0.1, 0.15) is 17.7 Å². The quantitative estimate of drug-likeness (QED) is 0.771. The predicted molar refractivity (Wildman–Crippen MR) is 97.8 cm³/mol. The third-order valence-electron chi connectivity index (χ3n) is 4.65. The summed E-state index contributed by atoms with van der Waals surface area (Å²) in [6.45, 7) is 0. The van der Waals surface area contributed by atoms with Crippen molar-refractivity contribution in [3.63, 3.8) is 0 Å². The molecular formula is C20H21N3O. The first kappa shape index (κ1) is 15.0. The van der Waals surface area contributed by atoms with Crippen LogP contribution in [0.1, 0.15) is 19.3 Å². The van der Waals surface area contributed by atoms with Gasteiger partial charge < -0.3 is 16.2 Å². The molecule has 4 N–H and O–H groups in total. The monoisotopic (exact) mass is 319 g/mol. The third kappa shape index (κ3) is 2.81. The molecule has 1 fully saturated rings. The summed E-state index contributed by atoms with van der Waals surface area (Å²) in [7, 11) is 0. The van der Waals surface area contributed by atoms with E-state index in [1.165, 1.54) is 0 Å². The molecule has 2 atom stereocenters. The fraction of sp³-hybridized carbons (Fsp3) is 0.250. The Bertz CT molecular complexity index is 878. The molecule has 0 spiro atoms. The van der Waals surface area contributed by atoms with E-state index < -0.39 is 0 Å². The van der Waals surface area contributed by atoms with Gasteiger partial charge in [0.15, 0.2) is 0 Å². The van der Waals surface area contributed by atoms with E-state index in [0.717, 1.165) is 47.0 Å². The first-order valence-electron chi connectivity index (χ1n) is 8.37. The largest absolute Gasteiger partial charge is 0.490 e. The lowest BCUT2D eigenvalue weighted by molar-refractivity contribution is 0.211. The molecule has 122 valence electrons. The minimum atomic E-state index is 0.208. The van der Waals surface area contributed by atoms with Gasteiger partial charge in [-0.1, -0.05) is 30.3 Å². The SMILES string of the molecule is Nc1cccc(-c2ccc(OC3CCC(N)C3)c3ccccc23)n1. The first-order valence-corrected chi connectivity index (χ1v) is 8.37. The van der Waals surface area contributed by atoms with Crippen molar-refractivity contribution in [1.29, 1.82) is 0 Å². The Morgan fingerprint density at radius 3 is 2.50 bits per heavy atom. The predicted octanol–water partition coefficient (Wildman–Crippen LogP) is 3.74. The van der Waals surface area contributed by atoms with Crippen molar-refractivity contribution < 1.29 is 4.74 Å². The maximum absolute atomic E-state index is 6.25. The molecule has 0 saturated heterocycles. The van der Waals surface area contributed by atoms with Crippen LogP contribution < -0.4 is 16.2 Å². The number of ether oxygens (including phenoxy) is 1. The molecule has 2 aromatic carbocycles. The summed E-state index contributed by atoms with van der Waals surface area (Å²) in [4.78, 5) is 4.46. The van der Waals surface area contributed by atoms with Crippen LogP contribution >= 0.6 is 0 Å². The smallest absolute Gasteiger partial charge is 0.127 e. The number of nitrogen functional groups attached to an aromatic ring is 1. The van der Waals surface area contributed by atoms with Gasteiger partial charge in [-0.15, -0.1) is 0 Å². The molecule has 2 unspecified atom stereocenters. The van der Waals surface area contributed by atoms with Crippen LogP contribution in [0.4, 0.5) is 5.82 Å². The Morgan fingerprint density at radius 1 is 0.917 bits per heavy atom. The van der Waals surface area contributed by atoms with Crippen molar-refractivity contribution in [1.82, 2.24) is 4.98 Å². The highest BCUT2D eigenvalue weighted by Crippen LogP contribution is 2.35. The summed E-state index contributed by atoms with van der Waals surface area (Å²) in [5.74, 6) is 1.44. The second-order valence-electron chi connectivity index (χ2n) is 6.42. The second-order valence-corrected chi connectivity index (χ2v) is 6.42. The third-order valence-corrected chi connectivity index (χ3v) is 4.65. The number of benzene rings is 2. The van der Waals surface area contributed by atoms with Crippen LogP contribution in [0.5, 0.6) is 5.75 Å². The molecule has 1 aromatic heterocycles. The summed E-state index contributed by atoms with van der Waals surface area (Å²) >= 11 is 0. The molecule has 0 aliphatic heterocycles. The number of pyridine rings is 1. The molecule has 1 aliphatic carbocycles. The highest BCUT2D eigenvalue weighted by molar-refractivity contribution is 5.99. The number of fused-ring (bicyclic) bond motifs is 1. The van der Waals surface area contributed by atoms with E-state index in [-0.39, 0.29) is 12.1 Å². The molecule has 4 heteroatoms. The van der Waals surface area contributed by atoms with E-state index in [2.05, 4.69) is 23.2 Å². The number of rotatable bonds is 3. The van der Waals surface area contributed by atoms with Gasteiger partial charge in [-0.25, -0.2) is 4.98 Å². The highest BCUT2D eigenvalue weighted by atomic mass is 16.5. The lowest BCUT2D eigenvalue weighted by Gasteiger charge is -2.17. The maximum Gasteiger partial charge on any atom is 0.127 e. The van der Waals surface area contributed by atoms with Crippen LogP contribution in [0.2, 0.25) is 0 Å². The summed E-state index contributed by atoms with van der Waals surface area (Å²) in [5, 5.41) is 2.22. The van der Waals surface area contributed by atoms with Crippen LogP contribution in [0.25, 0.3) is 22.0 Å². The zero-order chi connectivity index (χ0) is 16.5. The maximum atomic E-state index is 6.25. The van der Waals surface area contributed by atoms with Crippen LogP contribution in [-0.2, 0) is 0 Å². The molecule has 1 heterocycles. The molecular weight excluding hydrogens is 298 g/mol. The van der Waals surface area contributed by atoms with E-state index in [1.54, 1.807) is 6.07 Å². The van der Waals surface area contributed by atoms with Gasteiger partial charge in [-0.2, -0.15) is 0 Å². The van der Waals surface area contributed by atoms with Crippen LogP contribution in [0.15, 0.2) is 54.6 Å². The average Bonchev–Trinajstić information content (AvgIpc) is 3.00. The van der Waals surface area contributed by atoms with E-state index in [4.69, 9.17) is 16.2 Å². The summed E-state index contributed by atoms with van der Waals surface area (Å²) in [6, 6.07) is 18.3. The summed E-state index contributed by atoms with van der Waals surface area (Å²) < 4.78 is 6.25. The fourth-order valence-electron chi connectivity index (χ4n) is 3.46. The van der Waals surface area contributed by atoms with Gasteiger partial charge >= 0.3 is 0 Å². The zero-order valence-corrected chi connectivity index (χ0v) is 13.5. The lowest BCUT2D eigenvalue weighted by Crippen LogP contribution is -2.19. The minimum Gasteiger partial charge on any atom is -0.490 e. The van der Waals surface area contributed by atoms with E-state index in [9.17, 15) is 0 Å². The van der Waals surface area contributed by atoms with Crippen LogP contribution in [0, 0.1) is 0 Å². The van der Waals surface area contributed by atoms with Gasteiger partial charge in [0.2, 0.25) is 0 Å². The second kappa shape index (κ2) is 6.13. The number of nitrogens with zero attached hydrogens (tertiary/aromatic N) is 1. The van der Waals surface area contributed by atoms with Gasteiger partial charge in [0.25, 0.3) is 0 Å². The number of hydrogen-bond donors (Lipinski definition) is 2. The van der Waals surface area contributed by atoms with E-state index in [0.29, 0.717) is 5.82 Å². The van der Waals surface area contributed by atoms with Crippen LogP contribution in [0.3, 0.4) is 0 Å². The average molecular weight is 319 g/mol. The lowest BCUT2D eigenvalue weighted by atomic mass is 10.0. The summed E-state index contributed by atoms with van der Waals surface area (Å²) in [6.07, 6.45) is 3.19. The minimum absolute atomic E-state index is 0.208. The van der Waals surface area contributed by atoms with E-state index >= 15 is 0 Å². The highest BCUT2D eigenvalue weighted by Gasteiger charge is 2.24. The topological polar surface area (TPSA) is 74.2 Å². The normalized spacial score (nSPS) is 20.4. The van der Waals surface area contributed by atoms with E-state index in [1.807, 2.05) is 30.3 Å². The Hall–Kier alpha value is -2.59. The molecule has 0 radical (unpaired) electrons. The Kier molecular flexibility index (Phi) is 3.82. The number of hydrogen-bond acceptors (Lipinski definition) is 4. The standard InChI is InChI=1S/C20H21N3O/c21-13-8-9-14(12-13)24-19-11-10-16(15-4-1-2-5-17(15)19)18-6-3-7-20(22)23-18/h1-7,10-11,13-14H,8-9,12,21H2,(H2,22,23). The van der Waals surface area contributed by atoms with Crippen LogP contribution in [-0.4, -0.2) is 17.1 Å². The van der Waals surface area contributed by atoms with Crippen molar-refractivity contribution >= 4 is 16.6 Å². The molecule has 0 bridgehead atoms. The molecule has 4 rings (SSSR count). The Morgan fingerprint density at radius 2 is 1.75 bits per heavy atom. The first-order chi connectivity index (χ1) is 11.7. The Labute approximate surface area is 141 Å². The van der Waals surface area contributed by atoms with Crippen molar-refractivity contribution in [2.24, 2.45) is 5.73 Å². The number of nitrogens with two attached hydrogens (primary N) is 2. The zero-order valence-electron chi connectivity index (χ0n) is 13.5. The van der Waals surface area contributed by atoms with Crippen molar-refractivity contribution in [3.05, 3.63) is 54.6 Å². The van der Waals surface area contributed by atoms with Gasteiger partial charge in [0.05, 0.1) is 5.69 Å². The van der Waals surface area contributed by atoms with Gasteiger partial charge in [-0.3, -0.25) is 0 Å². The fourth-order valence-corrected chi connectivity index (χ4v) is 3.46. The van der Waals surface area contributed by atoms with Crippen molar-refractivity contribution in [2.75, 3.05) is 5.73 Å². The summed E-state index contributed by atoms with van der Waals surface area (Å²) in [5.41, 5.74) is 13.8. The van der Waals surface area contributed by atoms with Crippen molar-refractivity contribution in [3.8, 4) is 17.0 Å². The number of aromatic nitrogens is 1.